The van der Waals surface area contributed by atoms with Crippen LogP contribution >= 0.6 is 0 Å². The van der Waals surface area contributed by atoms with Crippen LogP contribution in [0.25, 0.3) is 21.7 Å². The van der Waals surface area contributed by atoms with Gasteiger partial charge in [-0.15, -0.1) is 0 Å². The normalized spacial score (nSPS) is 17.7. The molecule has 4 heteroatoms. The summed E-state index contributed by atoms with van der Waals surface area (Å²) in [6, 6.07) is 24.7. The molecule has 0 amide bonds. The van der Waals surface area contributed by atoms with Gasteiger partial charge in [0.05, 0.1) is 0 Å². The summed E-state index contributed by atoms with van der Waals surface area (Å²) in [7, 11) is 1.73. The van der Waals surface area contributed by atoms with E-state index in [4.69, 9.17) is 5.73 Å². The van der Waals surface area contributed by atoms with Gasteiger partial charge in [0.1, 0.15) is 5.84 Å². The van der Waals surface area contributed by atoms with Gasteiger partial charge >= 0.3 is 0 Å². The van der Waals surface area contributed by atoms with E-state index in [1.165, 1.54) is 53.2 Å². The first-order valence-corrected chi connectivity index (χ1v) is 11.3. The number of hydrogen-bond acceptors (Lipinski definition) is 2. The molecule has 158 valence electrons. The van der Waals surface area contributed by atoms with Crippen LogP contribution in [-0.2, 0) is 13.0 Å². The van der Waals surface area contributed by atoms with Gasteiger partial charge in [-0.3, -0.25) is 9.89 Å². The van der Waals surface area contributed by atoms with Gasteiger partial charge in [-0.1, -0.05) is 48.5 Å². The summed E-state index contributed by atoms with van der Waals surface area (Å²) in [6.45, 7) is 2.24. The van der Waals surface area contributed by atoms with Crippen LogP contribution < -0.4 is 5.73 Å². The highest BCUT2D eigenvalue weighted by Crippen LogP contribution is 2.26. The van der Waals surface area contributed by atoms with Crippen LogP contribution in [0, 0.1) is 0 Å². The largest absolute Gasteiger partial charge is 0.384 e. The van der Waals surface area contributed by atoms with Crippen molar-refractivity contribution in [1.29, 1.82) is 0 Å². The molecule has 3 aromatic carbocycles. The average molecular weight is 411 g/mol. The van der Waals surface area contributed by atoms with Crippen LogP contribution in [0.2, 0.25) is 0 Å². The topological polar surface area (TPSA) is 57.4 Å². The van der Waals surface area contributed by atoms with Gasteiger partial charge in [0.25, 0.3) is 0 Å². The predicted molar refractivity (Wildman–Crippen MR) is 131 cm³/mol. The van der Waals surface area contributed by atoms with E-state index in [1.54, 1.807) is 7.05 Å². The van der Waals surface area contributed by atoms with E-state index in [9.17, 15) is 0 Å². The molecule has 5 rings (SSSR count). The first-order chi connectivity index (χ1) is 15.2. The quantitative estimate of drug-likeness (QED) is 0.337. The third-order valence-electron chi connectivity index (χ3n) is 6.66. The number of fused-ring (bicyclic) bond motifs is 2. The Kier molecular flexibility index (Phi) is 5.47. The standard InChI is InChI=1S/C27H30N4/c1-29-27(28)23-11-10-22-16-24(30-26(22)17-23)12-13-25-7-4-14-31(25)18-19-8-9-20-5-2-3-6-21(20)15-19/h2-3,5-6,8-11,15-17,25,30H,4,7,12-14,18H2,1H3,(H2,28,29)/t25-/m0/s1. The molecule has 4 nitrogen and oxygen atoms in total. The summed E-state index contributed by atoms with van der Waals surface area (Å²) >= 11 is 0. The van der Waals surface area contributed by atoms with Crippen molar-refractivity contribution in [3.05, 3.63) is 83.6 Å². The van der Waals surface area contributed by atoms with Crippen molar-refractivity contribution < 1.29 is 0 Å². The third-order valence-corrected chi connectivity index (χ3v) is 6.66. The van der Waals surface area contributed by atoms with Crippen molar-refractivity contribution in [2.45, 2.75) is 38.3 Å². The molecule has 0 bridgehead atoms. The molecule has 1 aromatic heterocycles. The number of benzene rings is 3. The smallest absolute Gasteiger partial charge is 0.125 e. The minimum absolute atomic E-state index is 0.577. The molecule has 0 unspecified atom stereocenters. The minimum Gasteiger partial charge on any atom is -0.384 e. The zero-order valence-electron chi connectivity index (χ0n) is 18.1. The molecular weight excluding hydrogens is 380 g/mol. The van der Waals surface area contributed by atoms with Crippen molar-refractivity contribution >= 4 is 27.5 Å². The fourth-order valence-electron chi connectivity index (χ4n) is 4.93. The van der Waals surface area contributed by atoms with Gasteiger partial charge < -0.3 is 10.7 Å². The van der Waals surface area contributed by atoms with Gasteiger partial charge in [0.2, 0.25) is 0 Å². The van der Waals surface area contributed by atoms with Gasteiger partial charge in [0, 0.05) is 36.4 Å². The van der Waals surface area contributed by atoms with Crippen LogP contribution in [0.4, 0.5) is 0 Å². The maximum Gasteiger partial charge on any atom is 0.125 e. The lowest BCUT2D eigenvalue weighted by Crippen LogP contribution is -2.29. The van der Waals surface area contributed by atoms with E-state index < -0.39 is 0 Å². The average Bonchev–Trinajstić information content (AvgIpc) is 3.42. The summed E-state index contributed by atoms with van der Waals surface area (Å²) < 4.78 is 0. The SMILES string of the molecule is CN=C(N)c1ccc2cc(CC[C@@H]3CCCN3Cc3ccc4ccccc4c3)[nH]c2c1. The number of aromatic nitrogens is 1. The second-order valence-corrected chi connectivity index (χ2v) is 8.69. The van der Waals surface area contributed by atoms with E-state index >= 15 is 0 Å². The van der Waals surface area contributed by atoms with Crippen LogP contribution in [-0.4, -0.2) is 35.4 Å². The number of likely N-dealkylation sites (tertiary alicyclic amines) is 1. The Hall–Kier alpha value is -3.11. The highest BCUT2D eigenvalue weighted by molar-refractivity contribution is 6.00. The summed E-state index contributed by atoms with van der Waals surface area (Å²) in [5.74, 6) is 0.577. The highest BCUT2D eigenvalue weighted by atomic mass is 15.2. The zero-order chi connectivity index (χ0) is 21.2. The molecule has 1 aliphatic rings. The molecule has 2 heterocycles. The first-order valence-electron chi connectivity index (χ1n) is 11.3. The number of aromatic amines is 1. The van der Waals surface area contributed by atoms with Crippen molar-refractivity contribution in [2.24, 2.45) is 10.7 Å². The molecule has 1 saturated heterocycles. The Morgan fingerprint density at radius 3 is 2.74 bits per heavy atom. The van der Waals surface area contributed by atoms with Gasteiger partial charge in [-0.05, 0) is 72.1 Å². The second kappa shape index (κ2) is 8.56. The summed E-state index contributed by atoms with van der Waals surface area (Å²) in [4.78, 5) is 10.4. The van der Waals surface area contributed by atoms with Crippen molar-refractivity contribution in [3.8, 4) is 0 Å². The lowest BCUT2D eigenvalue weighted by atomic mass is 10.0. The Morgan fingerprint density at radius 1 is 1.03 bits per heavy atom. The van der Waals surface area contributed by atoms with Gasteiger partial charge in [-0.25, -0.2) is 0 Å². The van der Waals surface area contributed by atoms with E-state index in [-0.39, 0.29) is 0 Å². The number of aryl methyl sites for hydroxylation is 1. The zero-order valence-corrected chi connectivity index (χ0v) is 18.1. The number of amidine groups is 1. The number of nitrogens with one attached hydrogen (secondary N) is 1. The number of nitrogens with two attached hydrogens (primary N) is 1. The molecule has 0 aliphatic carbocycles. The number of hydrogen-bond donors (Lipinski definition) is 2. The van der Waals surface area contributed by atoms with E-state index in [0.29, 0.717) is 11.9 Å². The number of aliphatic imine (C=N–C) groups is 1. The van der Waals surface area contributed by atoms with Gasteiger partial charge in [0.15, 0.2) is 0 Å². The van der Waals surface area contributed by atoms with E-state index in [0.717, 1.165) is 24.0 Å². The Bertz CT molecular complexity index is 1240. The molecular formula is C27H30N4. The number of H-pyrrole nitrogens is 1. The van der Waals surface area contributed by atoms with Crippen LogP contribution in [0.15, 0.2) is 71.7 Å². The number of rotatable bonds is 6. The molecule has 0 radical (unpaired) electrons. The van der Waals surface area contributed by atoms with Crippen molar-refractivity contribution in [3.63, 3.8) is 0 Å². The van der Waals surface area contributed by atoms with E-state index in [2.05, 4.69) is 75.5 Å². The number of nitrogens with zero attached hydrogens (tertiary/aromatic N) is 2. The fourth-order valence-corrected chi connectivity index (χ4v) is 4.93. The Labute approximate surface area is 183 Å². The fraction of sp³-hybridized carbons (Fsp3) is 0.296. The molecule has 1 aliphatic heterocycles. The lowest BCUT2D eigenvalue weighted by molar-refractivity contribution is 0.234. The van der Waals surface area contributed by atoms with Crippen LogP contribution in [0.1, 0.15) is 36.1 Å². The predicted octanol–water partition coefficient (Wildman–Crippen LogP) is 5.25. The second-order valence-electron chi connectivity index (χ2n) is 8.69. The highest BCUT2D eigenvalue weighted by Gasteiger charge is 2.24. The van der Waals surface area contributed by atoms with Crippen LogP contribution in [0.5, 0.6) is 0 Å². The Morgan fingerprint density at radius 2 is 1.87 bits per heavy atom. The van der Waals surface area contributed by atoms with Crippen molar-refractivity contribution in [1.82, 2.24) is 9.88 Å². The maximum atomic E-state index is 5.97. The maximum absolute atomic E-state index is 5.97. The molecule has 31 heavy (non-hydrogen) atoms. The minimum atomic E-state index is 0.577. The van der Waals surface area contributed by atoms with E-state index in [1.807, 2.05) is 6.07 Å². The van der Waals surface area contributed by atoms with Crippen LogP contribution in [0.3, 0.4) is 0 Å². The molecule has 1 atom stereocenters. The van der Waals surface area contributed by atoms with Gasteiger partial charge in [-0.2, -0.15) is 0 Å². The molecule has 0 saturated carbocycles. The molecule has 0 spiro atoms. The Balaban J connectivity index is 1.26. The molecule has 3 N–H and O–H groups in total. The molecule has 1 fully saturated rings. The third kappa shape index (κ3) is 4.21. The molecule has 4 aromatic rings. The lowest BCUT2D eigenvalue weighted by Gasteiger charge is -2.24. The first kappa shape index (κ1) is 19.8. The summed E-state index contributed by atoms with van der Waals surface area (Å²) in [6.07, 6.45) is 4.84. The van der Waals surface area contributed by atoms with Crippen molar-refractivity contribution in [2.75, 3.05) is 13.6 Å². The summed E-state index contributed by atoms with van der Waals surface area (Å²) in [5.41, 5.74) is 10.8. The monoisotopic (exact) mass is 410 g/mol. The summed E-state index contributed by atoms with van der Waals surface area (Å²) in [5, 5.41) is 3.89.